The summed E-state index contributed by atoms with van der Waals surface area (Å²) < 4.78 is 5.30. The Balaban J connectivity index is 1.87. The lowest BCUT2D eigenvalue weighted by atomic mass is 10.4. The summed E-state index contributed by atoms with van der Waals surface area (Å²) >= 11 is 0. The molecule has 1 unspecified atom stereocenters. The van der Waals surface area contributed by atoms with Gasteiger partial charge in [0.15, 0.2) is 6.23 Å². The molecule has 1 atom stereocenters. The number of hydrogen-bond donors (Lipinski definition) is 2. The minimum atomic E-state index is 0.252. The molecule has 4 heteroatoms. The standard InChI is InChI=1S/C6H11N3O/c1-2-6(10-3-1)9-4-7-8-5-9/h1,3,6-8H,2,4-5H2. The van der Waals surface area contributed by atoms with Crippen LogP contribution in [0.3, 0.4) is 0 Å². The monoisotopic (exact) mass is 141 g/mol. The van der Waals surface area contributed by atoms with Crippen molar-refractivity contribution >= 4 is 0 Å². The highest BCUT2D eigenvalue weighted by atomic mass is 16.5. The summed E-state index contributed by atoms with van der Waals surface area (Å²) in [6.45, 7) is 1.73. The van der Waals surface area contributed by atoms with E-state index in [0.29, 0.717) is 0 Å². The molecule has 0 aromatic heterocycles. The molecule has 4 nitrogen and oxygen atoms in total. The van der Waals surface area contributed by atoms with Crippen molar-refractivity contribution in [3.8, 4) is 0 Å². The molecule has 0 amide bonds. The molecule has 0 saturated carbocycles. The fraction of sp³-hybridized carbons (Fsp3) is 0.667. The van der Waals surface area contributed by atoms with E-state index >= 15 is 0 Å². The second kappa shape index (κ2) is 2.57. The highest BCUT2D eigenvalue weighted by Gasteiger charge is 2.22. The summed E-state index contributed by atoms with van der Waals surface area (Å²) in [5.74, 6) is 0. The maximum absolute atomic E-state index is 5.30. The summed E-state index contributed by atoms with van der Waals surface area (Å²) in [6, 6.07) is 0. The van der Waals surface area contributed by atoms with Crippen LogP contribution in [0.15, 0.2) is 12.3 Å². The first-order chi connectivity index (χ1) is 4.97. The van der Waals surface area contributed by atoms with Crippen molar-refractivity contribution in [3.63, 3.8) is 0 Å². The number of nitrogens with one attached hydrogen (secondary N) is 2. The van der Waals surface area contributed by atoms with Crippen molar-refractivity contribution < 1.29 is 4.74 Å². The van der Waals surface area contributed by atoms with Gasteiger partial charge >= 0.3 is 0 Å². The van der Waals surface area contributed by atoms with Gasteiger partial charge in [-0.3, -0.25) is 0 Å². The molecule has 0 aromatic carbocycles. The van der Waals surface area contributed by atoms with E-state index in [1.807, 2.05) is 6.08 Å². The third kappa shape index (κ3) is 1.01. The number of hydrazine groups is 1. The van der Waals surface area contributed by atoms with Crippen LogP contribution in [0.25, 0.3) is 0 Å². The summed E-state index contributed by atoms with van der Waals surface area (Å²) in [7, 11) is 0. The van der Waals surface area contributed by atoms with Crippen LogP contribution < -0.4 is 10.9 Å². The normalized spacial score (nSPS) is 33.0. The lowest BCUT2D eigenvalue weighted by molar-refractivity contribution is 0.0229. The molecule has 2 rings (SSSR count). The number of nitrogens with zero attached hydrogens (tertiary/aromatic N) is 1. The third-order valence-electron chi connectivity index (χ3n) is 1.77. The molecule has 2 aliphatic rings. The Morgan fingerprint density at radius 1 is 1.40 bits per heavy atom. The SMILES string of the molecule is C1=COC(N2CNNC2)C1. The summed E-state index contributed by atoms with van der Waals surface area (Å²) in [4.78, 5) is 2.19. The Morgan fingerprint density at radius 3 is 2.80 bits per heavy atom. The Morgan fingerprint density at radius 2 is 2.20 bits per heavy atom. The lowest BCUT2D eigenvalue weighted by Crippen LogP contribution is -2.33. The molecule has 0 bridgehead atoms. The molecule has 0 aliphatic carbocycles. The molecule has 56 valence electrons. The zero-order chi connectivity index (χ0) is 6.81. The van der Waals surface area contributed by atoms with Crippen LogP contribution in [0.1, 0.15) is 6.42 Å². The molecule has 2 N–H and O–H groups in total. The van der Waals surface area contributed by atoms with Crippen molar-refractivity contribution in [3.05, 3.63) is 12.3 Å². The third-order valence-corrected chi connectivity index (χ3v) is 1.77. The van der Waals surface area contributed by atoms with Gasteiger partial charge in [-0.05, 0) is 6.08 Å². The first-order valence-electron chi connectivity index (χ1n) is 3.47. The molecular weight excluding hydrogens is 130 g/mol. The zero-order valence-corrected chi connectivity index (χ0v) is 5.71. The van der Waals surface area contributed by atoms with Gasteiger partial charge in [0.05, 0.1) is 19.6 Å². The summed E-state index contributed by atoms with van der Waals surface area (Å²) in [6.07, 6.45) is 5.07. The average molecular weight is 141 g/mol. The highest BCUT2D eigenvalue weighted by molar-refractivity contribution is 4.86. The molecule has 0 radical (unpaired) electrons. The van der Waals surface area contributed by atoms with Gasteiger partial charge in [-0.2, -0.15) is 0 Å². The maximum atomic E-state index is 5.30. The van der Waals surface area contributed by atoms with Crippen molar-refractivity contribution in [1.29, 1.82) is 0 Å². The van der Waals surface area contributed by atoms with E-state index in [4.69, 9.17) is 4.74 Å². The smallest absolute Gasteiger partial charge is 0.157 e. The van der Waals surface area contributed by atoms with Gasteiger partial charge in [-0.15, -0.1) is 0 Å². The van der Waals surface area contributed by atoms with Gasteiger partial charge in [0, 0.05) is 6.42 Å². The van der Waals surface area contributed by atoms with E-state index in [0.717, 1.165) is 19.8 Å². The predicted octanol–water partition coefficient (Wildman–Crippen LogP) is -0.429. The van der Waals surface area contributed by atoms with Crippen molar-refractivity contribution in [2.24, 2.45) is 0 Å². The first kappa shape index (κ1) is 6.15. The van der Waals surface area contributed by atoms with Crippen LogP contribution in [0.5, 0.6) is 0 Å². The van der Waals surface area contributed by atoms with E-state index in [2.05, 4.69) is 15.8 Å². The van der Waals surface area contributed by atoms with Crippen molar-refractivity contribution in [2.45, 2.75) is 12.6 Å². The van der Waals surface area contributed by atoms with Crippen LogP contribution in [0, 0.1) is 0 Å². The van der Waals surface area contributed by atoms with Crippen molar-refractivity contribution in [2.75, 3.05) is 13.3 Å². The maximum Gasteiger partial charge on any atom is 0.157 e. The predicted molar refractivity (Wildman–Crippen MR) is 36.5 cm³/mol. The van der Waals surface area contributed by atoms with Crippen LogP contribution in [-0.4, -0.2) is 24.5 Å². The second-order valence-corrected chi connectivity index (χ2v) is 2.46. The number of hydrogen-bond acceptors (Lipinski definition) is 4. The minimum absolute atomic E-state index is 0.252. The van der Waals surface area contributed by atoms with Crippen LogP contribution >= 0.6 is 0 Å². The molecule has 1 fully saturated rings. The molecule has 0 spiro atoms. The lowest BCUT2D eigenvalue weighted by Gasteiger charge is -2.20. The Hall–Kier alpha value is -0.580. The quantitative estimate of drug-likeness (QED) is 0.519. The minimum Gasteiger partial charge on any atom is -0.483 e. The largest absolute Gasteiger partial charge is 0.483 e. The van der Waals surface area contributed by atoms with Crippen LogP contribution in [-0.2, 0) is 4.74 Å². The van der Waals surface area contributed by atoms with Gasteiger partial charge in [-0.25, -0.2) is 15.8 Å². The van der Waals surface area contributed by atoms with Gasteiger partial charge in [0.25, 0.3) is 0 Å². The van der Waals surface area contributed by atoms with E-state index < -0.39 is 0 Å². The average Bonchev–Trinajstić information content (AvgIpc) is 2.59. The fourth-order valence-electron chi connectivity index (χ4n) is 1.18. The molecule has 2 aliphatic heterocycles. The van der Waals surface area contributed by atoms with E-state index in [1.165, 1.54) is 0 Å². The number of ether oxygens (including phenoxy) is 1. The first-order valence-corrected chi connectivity index (χ1v) is 3.47. The van der Waals surface area contributed by atoms with E-state index in [1.54, 1.807) is 6.26 Å². The van der Waals surface area contributed by atoms with Gasteiger partial charge in [0.1, 0.15) is 0 Å². The van der Waals surface area contributed by atoms with E-state index in [9.17, 15) is 0 Å². The van der Waals surface area contributed by atoms with Gasteiger partial charge in [0.2, 0.25) is 0 Å². The van der Waals surface area contributed by atoms with Gasteiger partial charge < -0.3 is 4.74 Å². The molecular formula is C6H11N3O. The highest BCUT2D eigenvalue weighted by Crippen LogP contribution is 2.12. The molecule has 10 heavy (non-hydrogen) atoms. The van der Waals surface area contributed by atoms with Crippen molar-refractivity contribution in [1.82, 2.24) is 15.8 Å². The van der Waals surface area contributed by atoms with E-state index in [-0.39, 0.29) is 6.23 Å². The Labute approximate surface area is 59.8 Å². The molecule has 1 saturated heterocycles. The number of rotatable bonds is 1. The summed E-state index contributed by atoms with van der Waals surface area (Å²) in [5, 5.41) is 0. The zero-order valence-electron chi connectivity index (χ0n) is 5.71. The molecule has 2 heterocycles. The Bertz CT molecular complexity index is 134. The Kier molecular flexibility index (Phi) is 1.58. The second-order valence-electron chi connectivity index (χ2n) is 2.46. The topological polar surface area (TPSA) is 36.5 Å². The van der Waals surface area contributed by atoms with Crippen LogP contribution in [0.2, 0.25) is 0 Å². The molecule has 0 aromatic rings. The summed E-state index contributed by atoms with van der Waals surface area (Å²) in [5.41, 5.74) is 6.03. The van der Waals surface area contributed by atoms with Crippen LogP contribution in [0.4, 0.5) is 0 Å². The van der Waals surface area contributed by atoms with Gasteiger partial charge in [-0.1, -0.05) is 0 Å². The fourth-order valence-corrected chi connectivity index (χ4v) is 1.18.